The van der Waals surface area contributed by atoms with Gasteiger partial charge in [-0.2, -0.15) is 5.10 Å². The quantitative estimate of drug-likeness (QED) is 0.902. The molecule has 20 heavy (non-hydrogen) atoms. The normalized spacial score (nSPS) is 23.7. The van der Waals surface area contributed by atoms with Crippen molar-refractivity contribution < 1.29 is 9.53 Å². The third-order valence-corrected chi connectivity index (χ3v) is 3.87. The Kier molecular flexibility index (Phi) is 3.91. The molecule has 5 heteroatoms. The van der Waals surface area contributed by atoms with E-state index in [1.165, 1.54) is 0 Å². The van der Waals surface area contributed by atoms with Crippen LogP contribution in [0.5, 0.6) is 0 Å². The minimum absolute atomic E-state index is 0.0708. The van der Waals surface area contributed by atoms with Gasteiger partial charge in [0.2, 0.25) is 5.91 Å². The van der Waals surface area contributed by atoms with Gasteiger partial charge in [0.25, 0.3) is 0 Å². The van der Waals surface area contributed by atoms with Crippen LogP contribution in [0.1, 0.15) is 50.6 Å². The number of morpholine rings is 1. The number of H-pyrrole nitrogens is 1. The van der Waals surface area contributed by atoms with Crippen LogP contribution in [0, 0.1) is 13.8 Å². The maximum atomic E-state index is 12.8. The summed E-state index contributed by atoms with van der Waals surface area (Å²) in [4.78, 5) is 14.7. The van der Waals surface area contributed by atoms with Gasteiger partial charge in [-0.15, -0.1) is 0 Å². The standard InChI is InChI=1S/C15H25N3O2/c1-9-7-18(8-15(5,6)20-9)14(19)10(2)13-11(3)16-17-12(13)4/h9-10H,7-8H2,1-6H3,(H,16,17). The van der Waals surface area contributed by atoms with Gasteiger partial charge < -0.3 is 9.64 Å². The number of nitrogens with zero attached hydrogens (tertiary/aromatic N) is 2. The molecule has 0 radical (unpaired) electrons. The number of nitrogens with one attached hydrogen (secondary N) is 1. The lowest BCUT2D eigenvalue weighted by molar-refractivity contribution is -0.159. The summed E-state index contributed by atoms with van der Waals surface area (Å²) < 4.78 is 5.86. The van der Waals surface area contributed by atoms with E-state index < -0.39 is 0 Å². The monoisotopic (exact) mass is 279 g/mol. The van der Waals surface area contributed by atoms with E-state index in [-0.39, 0.29) is 23.5 Å². The summed E-state index contributed by atoms with van der Waals surface area (Å²) in [7, 11) is 0. The van der Waals surface area contributed by atoms with E-state index in [2.05, 4.69) is 10.2 Å². The van der Waals surface area contributed by atoms with Crippen molar-refractivity contribution in [1.29, 1.82) is 0 Å². The number of aromatic amines is 1. The molecule has 5 nitrogen and oxygen atoms in total. The van der Waals surface area contributed by atoms with Crippen LogP contribution < -0.4 is 0 Å². The summed E-state index contributed by atoms with van der Waals surface area (Å²) >= 11 is 0. The second-order valence-corrected chi connectivity index (χ2v) is 6.48. The number of hydrogen-bond donors (Lipinski definition) is 1. The Bertz CT molecular complexity index is 488. The third kappa shape index (κ3) is 2.87. The Morgan fingerprint density at radius 3 is 2.65 bits per heavy atom. The fraction of sp³-hybridized carbons (Fsp3) is 0.733. The minimum atomic E-state index is -0.284. The fourth-order valence-corrected chi connectivity index (χ4v) is 3.22. The molecule has 2 rings (SSSR count). The summed E-state index contributed by atoms with van der Waals surface area (Å²) in [5.41, 5.74) is 2.62. The smallest absolute Gasteiger partial charge is 0.230 e. The number of carbonyl (C=O) groups is 1. The maximum Gasteiger partial charge on any atom is 0.230 e. The molecule has 0 aliphatic carbocycles. The first-order valence-electron chi connectivity index (χ1n) is 7.19. The van der Waals surface area contributed by atoms with E-state index in [4.69, 9.17) is 4.74 Å². The van der Waals surface area contributed by atoms with Crippen LogP contribution in [0.4, 0.5) is 0 Å². The van der Waals surface area contributed by atoms with Crippen molar-refractivity contribution in [1.82, 2.24) is 15.1 Å². The minimum Gasteiger partial charge on any atom is -0.369 e. The van der Waals surface area contributed by atoms with Gasteiger partial charge in [0.15, 0.2) is 0 Å². The molecule has 1 fully saturated rings. The van der Waals surface area contributed by atoms with Crippen LogP contribution in [0.15, 0.2) is 0 Å². The number of carbonyl (C=O) groups excluding carboxylic acids is 1. The predicted molar refractivity (Wildman–Crippen MR) is 77.7 cm³/mol. The Morgan fingerprint density at radius 2 is 2.15 bits per heavy atom. The van der Waals surface area contributed by atoms with Gasteiger partial charge in [-0.25, -0.2) is 0 Å². The van der Waals surface area contributed by atoms with Crippen LogP contribution in [0.25, 0.3) is 0 Å². The van der Waals surface area contributed by atoms with Gasteiger partial charge >= 0.3 is 0 Å². The van der Waals surface area contributed by atoms with Crippen LogP contribution in [-0.2, 0) is 9.53 Å². The summed E-state index contributed by atoms with van der Waals surface area (Å²) in [6.07, 6.45) is 0.0708. The van der Waals surface area contributed by atoms with E-state index in [9.17, 15) is 4.79 Å². The Hall–Kier alpha value is -1.36. The lowest BCUT2D eigenvalue weighted by atomic mass is 9.96. The zero-order valence-corrected chi connectivity index (χ0v) is 13.3. The van der Waals surface area contributed by atoms with Crippen LogP contribution in [-0.4, -0.2) is 45.8 Å². The van der Waals surface area contributed by atoms with Crippen LogP contribution in [0.3, 0.4) is 0 Å². The topological polar surface area (TPSA) is 58.2 Å². The first-order valence-corrected chi connectivity index (χ1v) is 7.19. The number of aryl methyl sites for hydroxylation is 2. The van der Waals surface area contributed by atoms with Crippen molar-refractivity contribution >= 4 is 5.91 Å². The number of rotatable bonds is 2. The van der Waals surface area contributed by atoms with Crippen LogP contribution >= 0.6 is 0 Å². The summed E-state index contributed by atoms with van der Waals surface area (Å²) in [6, 6.07) is 0. The zero-order chi connectivity index (χ0) is 15.1. The Balaban J connectivity index is 2.19. The molecule has 1 aliphatic rings. The molecule has 112 valence electrons. The largest absolute Gasteiger partial charge is 0.369 e. The molecule has 1 amide bonds. The predicted octanol–water partition coefficient (Wildman–Crippen LogP) is 2.16. The number of aromatic nitrogens is 2. The van der Waals surface area contributed by atoms with Crippen molar-refractivity contribution in [3.8, 4) is 0 Å². The Labute approximate surface area is 120 Å². The Morgan fingerprint density at radius 1 is 1.50 bits per heavy atom. The average molecular weight is 279 g/mol. The number of hydrogen-bond acceptors (Lipinski definition) is 3. The molecule has 1 saturated heterocycles. The molecular weight excluding hydrogens is 254 g/mol. The lowest BCUT2D eigenvalue weighted by Gasteiger charge is -2.42. The van der Waals surface area contributed by atoms with Crippen molar-refractivity contribution in [2.75, 3.05) is 13.1 Å². The first kappa shape index (κ1) is 15.0. The summed E-state index contributed by atoms with van der Waals surface area (Å²) in [5.74, 6) is -0.0179. The molecular formula is C15H25N3O2. The second-order valence-electron chi connectivity index (χ2n) is 6.48. The van der Waals surface area contributed by atoms with Crippen LogP contribution in [0.2, 0.25) is 0 Å². The van der Waals surface area contributed by atoms with Gasteiger partial charge in [-0.1, -0.05) is 0 Å². The van der Waals surface area contributed by atoms with Crippen molar-refractivity contribution in [3.63, 3.8) is 0 Å². The van der Waals surface area contributed by atoms with E-state index in [0.29, 0.717) is 13.1 Å². The molecule has 0 saturated carbocycles. The molecule has 2 atom stereocenters. The summed E-state index contributed by atoms with van der Waals surface area (Å²) in [6.45, 7) is 13.2. The lowest BCUT2D eigenvalue weighted by Crippen LogP contribution is -2.54. The molecule has 0 aromatic carbocycles. The molecule has 1 aromatic heterocycles. The van der Waals surface area contributed by atoms with E-state index >= 15 is 0 Å². The van der Waals surface area contributed by atoms with E-state index in [1.807, 2.05) is 46.4 Å². The molecule has 2 heterocycles. The van der Waals surface area contributed by atoms with E-state index in [1.54, 1.807) is 0 Å². The fourth-order valence-electron chi connectivity index (χ4n) is 3.22. The summed E-state index contributed by atoms with van der Waals surface area (Å²) in [5, 5.41) is 7.14. The van der Waals surface area contributed by atoms with Gasteiger partial charge in [0.05, 0.1) is 23.3 Å². The highest BCUT2D eigenvalue weighted by Crippen LogP contribution is 2.27. The molecule has 0 spiro atoms. The highest BCUT2D eigenvalue weighted by molar-refractivity contribution is 5.84. The van der Waals surface area contributed by atoms with Crippen molar-refractivity contribution in [2.45, 2.75) is 59.2 Å². The highest BCUT2D eigenvalue weighted by atomic mass is 16.5. The van der Waals surface area contributed by atoms with Gasteiger partial charge in [-0.05, 0) is 41.5 Å². The number of ether oxygens (including phenoxy) is 1. The van der Waals surface area contributed by atoms with Crippen molar-refractivity contribution in [3.05, 3.63) is 17.0 Å². The zero-order valence-electron chi connectivity index (χ0n) is 13.3. The average Bonchev–Trinajstić information content (AvgIpc) is 2.64. The molecule has 1 N–H and O–H groups in total. The molecule has 0 bridgehead atoms. The molecule has 1 aliphatic heterocycles. The number of amides is 1. The SMILES string of the molecule is Cc1n[nH]c(C)c1C(C)C(=O)N1CC(C)OC(C)(C)C1. The van der Waals surface area contributed by atoms with Crippen molar-refractivity contribution in [2.24, 2.45) is 0 Å². The molecule has 2 unspecified atom stereocenters. The van der Waals surface area contributed by atoms with Gasteiger partial charge in [-0.3, -0.25) is 9.89 Å². The maximum absolute atomic E-state index is 12.8. The van der Waals surface area contributed by atoms with E-state index in [0.717, 1.165) is 17.0 Å². The third-order valence-electron chi connectivity index (χ3n) is 3.87. The second kappa shape index (κ2) is 5.20. The van der Waals surface area contributed by atoms with Gasteiger partial charge in [0, 0.05) is 24.3 Å². The first-order chi connectivity index (χ1) is 9.21. The van der Waals surface area contributed by atoms with Gasteiger partial charge in [0.1, 0.15) is 0 Å². The highest BCUT2D eigenvalue weighted by Gasteiger charge is 2.36. The molecule has 1 aromatic rings.